The van der Waals surface area contributed by atoms with Crippen LogP contribution in [0.25, 0.3) is 0 Å². The maximum absolute atomic E-state index is 12.8. The fourth-order valence-corrected chi connectivity index (χ4v) is 2.12. The number of urea groups is 1. The highest BCUT2D eigenvalue weighted by atomic mass is 79.9. The summed E-state index contributed by atoms with van der Waals surface area (Å²) in [5, 5.41) is 2.71. The third-order valence-corrected chi connectivity index (χ3v) is 3.58. The number of benzene rings is 2. The summed E-state index contributed by atoms with van der Waals surface area (Å²) in [7, 11) is 1.71. The first-order chi connectivity index (χ1) is 9.56. The molecule has 0 fully saturated rings. The summed E-state index contributed by atoms with van der Waals surface area (Å²) in [5.74, 6) is -0.329. The van der Waals surface area contributed by atoms with Crippen molar-refractivity contribution in [2.24, 2.45) is 0 Å². The predicted octanol–water partition coefficient (Wildman–Crippen LogP) is 4.25. The van der Waals surface area contributed by atoms with Crippen molar-refractivity contribution in [1.29, 1.82) is 0 Å². The van der Waals surface area contributed by atoms with Crippen LogP contribution in [0, 0.1) is 5.82 Å². The number of carbonyl (C=O) groups excluding carboxylic acids is 1. The van der Waals surface area contributed by atoms with Gasteiger partial charge in [-0.2, -0.15) is 0 Å². The Labute approximate surface area is 125 Å². The second-order valence-corrected chi connectivity index (χ2v) is 5.24. The lowest BCUT2D eigenvalue weighted by Gasteiger charge is -2.18. The quantitative estimate of drug-likeness (QED) is 0.892. The summed E-state index contributed by atoms with van der Waals surface area (Å²) in [4.78, 5) is 13.6. The van der Waals surface area contributed by atoms with Gasteiger partial charge >= 0.3 is 6.03 Å². The van der Waals surface area contributed by atoms with E-state index in [0.29, 0.717) is 12.2 Å². The van der Waals surface area contributed by atoms with Crippen LogP contribution in [0.4, 0.5) is 14.9 Å². The minimum Gasteiger partial charge on any atom is -0.323 e. The van der Waals surface area contributed by atoms with Gasteiger partial charge in [0.2, 0.25) is 0 Å². The highest BCUT2D eigenvalue weighted by Crippen LogP contribution is 2.17. The smallest absolute Gasteiger partial charge is 0.321 e. The lowest BCUT2D eigenvalue weighted by molar-refractivity contribution is 0.220. The zero-order chi connectivity index (χ0) is 14.5. The van der Waals surface area contributed by atoms with E-state index in [-0.39, 0.29) is 11.8 Å². The average Bonchev–Trinajstić information content (AvgIpc) is 2.44. The molecular weight excluding hydrogens is 323 g/mol. The number of anilines is 1. The maximum Gasteiger partial charge on any atom is 0.321 e. The standard InChI is InChI=1S/C15H14BrFN2O/c1-19(10-11-4-2-3-5-14(11)16)15(20)18-13-8-6-12(17)7-9-13/h2-9H,10H2,1H3,(H,18,20). The van der Waals surface area contributed by atoms with Crippen LogP contribution < -0.4 is 5.32 Å². The molecule has 0 aromatic heterocycles. The SMILES string of the molecule is CN(Cc1ccccc1Br)C(=O)Nc1ccc(F)cc1. The summed E-state index contributed by atoms with van der Waals surface area (Å²) in [6, 6.07) is 13.2. The minimum atomic E-state index is -0.329. The van der Waals surface area contributed by atoms with Gasteiger partial charge in [0.15, 0.2) is 0 Å². The second kappa shape index (κ2) is 6.52. The minimum absolute atomic E-state index is 0.243. The van der Waals surface area contributed by atoms with Gasteiger partial charge in [-0.3, -0.25) is 0 Å². The van der Waals surface area contributed by atoms with Gasteiger partial charge in [0.05, 0.1) is 0 Å². The van der Waals surface area contributed by atoms with Crippen LogP contribution >= 0.6 is 15.9 Å². The number of hydrogen-bond donors (Lipinski definition) is 1. The molecule has 0 unspecified atom stereocenters. The normalized spacial score (nSPS) is 10.2. The van der Waals surface area contributed by atoms with E-state index in [1.807, 2.05) is 24.3 Å². The Hall–Kier alpha value is -1.88. The van der Waals surface area contributed by atoms with Crippen LogP contribution in [-0.2, 0) is 6.54 Å². The molecule has 2 aromatic carbocycles. The van der Waals surface area contributed by atoms with Gasteiger partial charge in [-0.05, 0) is 35.9 Å². The molecule has 2 amide bonds. The van der Waals surface area contributed by atoms with E-state index in [4.69, 9.17) is 0 Å². The number of rotatable bonds is 3. The Balaban J connectivity index is 1.99. The van der Waals surface area contributed by atoms with E-state index < -0.39 is 0 Å². The van der Waals surface area contributed by atoms with Crippen LogP contribution in [0.3, 0.4) is 0 Å². The highest BCUT2D eigenvalue weighted by molar-refractivity contribution is 9.10. The first kappa shape index (κ1) is 14.5. The number of nitrogens with one attached hydrogen (secondary N) is 1. The molecule has 20 heavy (non-hydrogen) atoms. The molecule has 0 saturated heterocycles. The zero-order valence-corrected chi connectivity index (χ0v) is 12.5. The summed E-state index contributed by atoms with van der Waals surface area (Å²) in [6.07, 6.45) is 0. The summed E-state index contributed by atoms with van der Waals surface area (Å²) in [5.41, 5.74) is 1.58. The topological polar surface area (TPSA) is 32.3 Å². The Bertz CT molecular complexity index is 601. The third-order valence-electron chi connectivity index (χ3n) is 2.81. The van der Waals surface area contributed by atoms with Crippen molar-refractivity contribution in [1.82, 2.24) is 4.90 Å². The second-order valence-electron chi connectivity index (χ2n) is 4.38. The van der Waals surface area contributed by atoms with Gasteiger partial charge in [0.1, 0.15) is 5.82 Å². The van der Waals surface area contributed by atoms with Gasteiger partial charge in [0.25, 0.3) is 0 Å². The summed E-state index contributed by atoms with van der Waals surface area (Å²) >= 11 is 3.45. The Morgan fingerprint density at radius 3 is 2.50 bits per heavy atom. The van der Waals surface area contributed by atoms with Crippen molar-refractivity contribution in [3.63, 3.8) is 0 Å². The van der Waals surface area contributed by atoms with Gasteiger partial charge in [0, 0.05) is 23.8 Å². The van der Waals surface area contributed by atoms with Crippen molar-refractivity contribution >= 4 is 27.6 Å². The molecule has 0 radical (unpaired) electrons. The average molecular weight is 337 g/mol. The van der Waals surface area contributed by atoms with Gasteiger partial charge in [-0.15, -0.1) is 0 Å². The first-order valence-electron chi connectivity index (χ1n) is 6.07. The fourth-order valence-electron chi connectivity index (χ4n) is 1.71. The molecule has 3 nitrogen and oxygen atoms in total. The van der Waals surface area contributed by atoms with Crippen molar-refractivity contribution in [2.45, 2.75) is 6.54 Å². The van der Waals surface area contributed by atoms with E-state index in [9.17, 15) is 9.18 Å². The molecule has 0 aliphatic heterocycles. The van der Waals surface area contributed by atoms with Crippen LogP contribution in [0.2, 0.25) is 0 Å². The predicted molar refractivity (Wildman–Crippen MR) is 81.0 cm³/mol. The van der Waals surface area contributed by atoms with E-state index in [1.165, 1.54) is 24.3 Å². The lowest BCUT2D eigenvalue weighted by atomic mass is 10.2. The largest absolute Gasteiger partial charge is 0.323 e. The van der Waals surface area contributed by atoms with Crippen molar-refractivity contribution in [3.05, 3.63) is 64.4 Å². The molecule has 0 heterocycles. The summed E-state index contributed by atoms with van der Waals surface area (Å²) < 4.78 is 13.7. The molecule has 2 aromatic rings. The molecule has 5 heteroatoms. The molecule has 0 spiro atoms. The van der Waals surface area contributed by atoms with Crippen molar-refractivity contribution < 1.29 is 9.18 Å². The van der Waals surface area contributed by atoms with Gasteiger partial charge in [-0.25, -0.2) is 9.18 Å². The number of amides is 2. The molecule has 104 valence electrons. The molecule has 0 aliphatic carbocycles. The molecule has 0 bridgehead atoms. The van der Waals surface area contributed by atoms with Crippen molar-refractivity contribution in [3.8, 4) is 0 Å². The van der Waals surface area contributed by atoms with Gasteiger partial charge < -0.3 is 10.2 Å². The molecule has 0 saturated carbocycles. The third kappa shape index (κ3) is 3.81. The van der Waals surface area contributed by atoms with Crippen LogP contribution in [0.5, 0.6) is 0 Å². The number of carbonyl (C=O) groups is 1. The first-order valence-corrected chi connectivity index (χ1v) is 6.86. The lowest BCUT2D eigenvalue weighted by Crippen LogP contribution is -2.30. The molecule has 0 aliphatic rings. The van der Waals surface area contributed by atoms with Gasteiger partial charge in [-0.1, -0.05) is 34.1 Å². The van der Waals surface area contributed by atoms with Crippen LogP contribution in [0.15, 0.2) is 53.0 Å². The Morgan fingerprint density at radius 2 is 1.85 bits per heavy atom. The van der Waals surface area contributed by atoms with Crippen LogP contribution in [0.1, 0.15) is 5.56 Å². The maximum atomic E-state index is 12.8. The van der Waals surface area contributed by atoms with E-state index in [2.05, 4.69) is 21.2 Å². The summed E-state index contributed by atoms with van der Waals surface area (Å²) in [6.45, 7) is 0.481. The molecule has 1 N–H and O–H groups in total. The van der Waals surface area contributed by atoms with E-state index >= 15 is 0 Å². The monoisotopic (exact) mass is 336 g/mol. The molecule has 0 atom stereocenters. The van der Waals surface area contributed by atoms with Crippen molar-refractivity contribution in [2.75, 3.05) is 12.4 Å². The molecular formula is C15H14BrFN2O. The fraction of sp³-hybridized carbons (Fsp3) is 0.133. The molecule has 2 rings (SSSR count). The number of halogens is 2. The van der Waals surface area contributed by atoms with Crippen LogP contribution in [-0.4, -0.2) is 18.0 Å². The van der Waals surface area contributed by atoms with E-state index in [1.54, 1.807) is 11.9 Å². The number of nitrogens with zero attached hydrogens (tertiary/aromatic N) is 1. The highest BCUT2D eigenvalue weighted by Gasteiger charge is 2.10. The Morgan fingerprint density at radius 1 is 1.20 bits per heavy atom. The Kier molecular flexibility index (Phi) is 4.74. The van der Waals surface area contributed by atoms with E-state index in [0.717, 1.165) is 10.0 Å². The zero-order valence-electron chi connectivity index (χ0n) is 10.9. The number of hydrogen-bond acceptors (Lipinski definition) is 1.